The van der Waals surface area contributed by atoms with Crippen molar-refractivity contribution < 1.29 is 13.5 Å². The van der Waals surface area contributed by atoms with Gasteiger partial charge in [-0.1, -0.05) is 5.21 Å². The van der Waals surface area contributed by atoms with Crippen molar-refractivity contribution in [3.8, 4) is 17.1 Å². The molecular formula is C9H7F2N4O-. The van der Waals surface area contributed by atoms with Gasteiger partial charge in [-0.3, -0.25) is 7.05 Å². The number of hydrogen-bond acceptors (Lipinski definition) is 4. The molecular weight excluding hydrogens is 218 g/mol. The Hall–Kier alpha value is -2.18. The number of rotatable bonds is 3. The first-order valence-electron chi connectivity index (χ1n) is 4.31. The van der Waals surface area contributed by atoms with E-state index in [0.717, 1.165) is 4.80 Å². The quantitative estimate of drug-likeness (QED) is 0.744. The summed E-state index contributed by atoms with van der Waals surface area (Å²) in [6, 6.07) is 5.94. The number of tetrazole rings is 1. The molecule has 0 aliphatic heterocycles. The zero-order valence-electron chi connectivity index (χ0n) is 8.05. The Balaban J connectivity index is 2.19. The summed E-state index contributed by atoms with van der Waals surface area (Å²) in [5.74, 6) is 0.458. The van der Waals surface area contributed by atoms with Gasteiger partial charge in [0, 0.05) is 5.56 Å². The van der Waals surface area contributed by atoms with Crippen LogP contribution in [-0.4, -0.2) is 26.8 Å². The summed E-state index contributed by atoms with van der Waals surface area (Å²) < 4.78 is 28.0. The van der Waals surface area contributed by atoms with Crippen LogP contribution in [0.5, 0.6) is 5.75 Å². The SMILES string of the molecule is [CH2-]n1nnc(-c2ccc(OC(F)F)cc2)n1. The van der Waals surface area contributed by atoms with Crippen LogP contribution in [0, 0.1) is 7.05 Å². The lowest BCUT2D eigenvalue weighted by molar-refractivity contribution is -0.0498. The fourth-order valence-corrected chi connectivity index (χ4v) is 1.14. The van der Waals surface area contributed by atoms with Gasteiger partial charge >= 0.3 is 6.61 Å². The van der Waals surface area contributed by atoms with Crippen LogP contribution in [0.2, 0.25) is 0 Å². The predicted molar refractivity (Wildman–Crippen MR) is 50.6 cm³/mol. The van der Waals surface area contributed by atoms with Crippen molar-refractivity contribution in [3.63, 3.8) is 0 Å². The second-order valence-electron chi connectivity index (χ2n) is 2.89. The van der Waals surface area contributed by atoms with Crippen LogP contribution in [0.25, 0.3) is 11.4 Å². The summed E-state index contributed by atoms with van der Waals surface area (Å²) in [7, 11) is 3.43. The normalized spacial score (nSPS) is 10.7. The zero-order chi connectivity index (χ0) is 11.5. The van der Waals surface area contributed by atoms with Crippen molar-refractivity contribution in [2.45, 2.75) is 6.61 Å². The van der Waals surface area contributed by atoms with Gasteiger partial charge in [-0.25, -0.2) is 0 Å². The highest BCUT2D eigenvalue weighted by Crippen LogP contribution is 2.19. The van der Waals surface area contributed by atoms with Crippen molar-refractivity contribution in [3.05, 3.63) is 31.3 Å². The van der Waals surface area contributed by atoms with E-state index in [2.05, 4.69) is 27.2 Å². The van der Waals surface area contributed by atoms with E-state index in [0.29, 0.717) is 11.4 Å². The Bertz CT molecular complexity index is 469. The van der Waals surface area contributed by atoms with E-state index in [1.807, 2.05) is 0 Å². The zero-order valence-corrected chi connectivity index (χ0v) is 8.05. The molecule has 16 heavy (non-hydrogen) atoms. The Morgan fingerprint density at radius 1 is 1.25 bits per heavy atom. The lowest BCUT2D eigenvalue weighted by Gasteiger charge is -2.03. The topological polar surface area (TPSA) is 52.8 Å². The third-order valence-corrected chi connectivity index (χ3v) is 1.79. The minimum absolute atomic E-state index is 0.0840. The first-order valence-corrected chi connectivity index (χ1v) is 4.31. The monoisotopic (exact) mass is 225 g/mol. The van der Waals surface area contributed by atoms with Crippen LogP contribution < -0.4 is 4.74 Å². The minimum Gasteiger partial charge on any atom is -0.435 e. The Morgan fingerprint density at radius 2 is 1.94 bits per heavy atom. The van der Waals surface area contributed by atoms with Gasteiger partial charge < -0.3 is 9.53 Å². The molecule has 5 nitrogen and oxygen atoms in total. The maximum absolute atomic E-state index is 11.9. The molecule has 0 radical (unpaired) electrons. The summed E-state index contributed by atoms with van der Waals surface area (Å²) in [5, 5.41) is 11.1. The molecule has 0 bridgehead atoms. The highest BCUT2D eigenvalue weighted by atomic mass is 19.3. The van der Waals surface area contributed by atoms with E-state index >= 15 is 0 Å². The molecule has 0 fully saturated rings. The van der Waals surface area contributed by atoms with Crippen molar-refractivity contribution >= 4 is 0 Å². The van der Waals surface area contributed by atoms with Crippen molar-refractivity contribution in [2.75, 3.05) is 0 Å². The third-order valence-electron chi connectivity index (χ3n) is 1.79. The molecule has 0 N–H and O–H groups in total. The molecule has 0 unspecified atom stereocenters. The molecule has 0 aliphatic carbocycles. The Kier molecular flexibility index (Phi) is 2.67. The number of hydrogen-bond donors (Lipinski definition) is 0. The maximum atomic E-state index is 11.9. The van der Waals surface area contributed by atoms with E-state index in [-0.39, 0.29) is 5.75 Å². The molecule has 2 aromatic rings. The molecule has 7 heteroatoms. The van der Waals surface area contributed by atoms with Crippen LogP contribution in [0.1, 0.15) is 0 Å². The van der Waals surface area contributed by atoms with Crippen molar-refractivity contribution in [1.82, 2.24) is 20.2 Å². The van der Waals surface area contributed by atoms with Gasteiger partial charge in [-0.2, -0.15) is 13.9 Å². The van der Waals surface area contributed by atoms with Crippen LogP contribution in [-0.2, 0) is 0 Å². The van der Waals surface area contributed by atoms with Gasteiger partial charge in [-0.05, 0) is 24.3 Å². The fraction of sp³-hybridized carbons (Fsp3) is 0.111. The van der Waals surface area contributed by atoms with Crippen molar-refractivity contribution in [1.29, 1.82) is 0 Å². The number of halogens is 2. The van der Waals surface area contributed by atoms with E-state index < -0.39 is 6.61 Å². The summed E-state index contributed by atoms with van der Waals surface area (Å²) in [6.07, 6.45) is 0. The fourth-order valence-electron chi connectivity index (χ4n) is 1.14. The predicted octanol–water partition coefficient (Wildman–Crippen LogP) is 1.58. The highest BCUT2D eigenvalue weighted by Gasteiger charge is 2.06. The largest absolute Gasteiger partial charge is 0.435 e. The standard InChI is InChI=1S/C9H7F2N4O/c1-15-13-8(12-14-15)6-2-4-7(5-3-6)16-9(10)11/h2-5,9H,1H2/q-1. The van der Waals surface area contributed by atoms with Gasteiger partial charge in [0.25, 0.3) is 0 Å². The molecule has 0 atom stereocenters. The van der Waals surface area contributed by atoms with Gasteiger partial charge in [0.05, 0.1) is 0 Å². The molecule has 1 heterocycles. The lowest BCUT2D eigenvalue weighted by Crippen LogP contribution is -2.01. The smallest absolute Gasteiger partial charge is 0.387 e. The number of ether oxygens (including phenoxy) is 1. The van der Waals surface area contributed by atoms with Gasteiger partial charge in [0.1, 0.15) is 5.75 Å². The number of benzene rings is 1. The van der Waals surface area contributed by atoms with Crippen LogP contribution >= 0.6 is 0 Å². The molecule has 0 saturated heterocycles. The van der Waals surface area contributed by atoms with Gasteiger partial charge in [0.2, 0.25) is 5.82 Å². The summed E-state index contributed by atoms with van der Waals surface area (Å²) in [4.78, 5) is 1.07. The Morgan fingerprint density at radius 3 is 2.44 bits per heavy atom. The van der Waals surface area contributed by atoms with E-state index in [1.165, 1.54) is 12.1 Å². The number of aromatic nitrogens is 4. The number of nitrogens with zero attached hydrogens (tertiary/aromatic N) is 4. The average molecular weight is 225 g/mol. The summed E-state index contributed by atoms with van der Waals surface area (Å²) in [6.45, 7) is -2.83. The van der Waals surface area contributed by atoms with E-state index in [1.54, 1.807) is 12.1 Å². The Labute approximate surface area is 89.6 Å². The van der Waals surface area contributed by atoms with Crippen LogP contribution in [0.3, 0.4) is 0 Å². The average Bonchev–Trinajstić information content (AvgIpc) is 2.65. The van der Waals surface area contributed by atoms with Gasteiger partial charge in [0.15, 0.2) is 0 Å². The highest BCUT2D eigenvalue weighted by molar-refractivity contribution is 5.55. The first kappa shape index (κ1) is 10.3. The van der Waals surface area contributed by atoms with Crippen molar-refractivity contribution in [2.24, 2.45) is 0 Å². The molecule has 0 saturated carbocycles. The number of alkyl halides is 2. The second-order valence-corrected chi connectivity index (χ2v) is 2.89. The van der Waals surface area contributed by atoms with Crippen LogP contribution in [0.15, 0.2) is 24.3 Å². The van der Waals surface area contributed by atoms with Crippen LogP contribution in [0.4, 0.5) is 8.78 Å². The first-order chi connectivity index (χ1) is 7.65. The lowest BCUT2D eigenvalue weighted by atomic mass is 10.2. The molecule has 1 aromatic heterocycles. The summed E-state index contributed by atoms with van der Waals surface area (Å²) >= 11 is 0. The minimum atomic E-state index is -2.83. The molecule has 84 valence electrons. The second kappa shape index (κ2) is 4.13. The maximum Gasteiger partial charge on any atom is 0.387 e. The molecule has 0 amide bonds. The molecule has 2 rings (SSSR count). The third kappa shape index (κ3) is 2.25. The molecule has 0 spiro atoms. The molecule has 0 aliphatic rings. The van der Waals surface area contributed by atoms with Gasteiger partial charge in [-0.15, -0.1) is 5.10 Å². The van der Waals surface area contributed by atoms with E-state index in [4.69, 9.17) is 0 Å². The summed E-state index contributed by atoms with van der Waals surface area (Å²) in [5.41, 5.74) is 0.650. The van der Waals surface area contributed by atoms with E-state index in [9.17, 15) is 8.78 Å². The molecule has 1 aromatic carbocycles.